The van der Waals surface area contributed by atoms with Crippen molar-refractivity contribution in [3.8, 4) is 0 Å². The molecule has 0 atom stereocenters. The van der Waals surface area contributed by atoms with Gasteiger partial charge < -0.3 is 10.4 Å². The predicted molar refractivity (Wildman–Crippen MR) is 68.5 cm³/mol. The van der Waals surface area contributed by atoms with Gasteiger partial charge >= 0.3 is 5.97 Å². The quantitative estimate of drug-likeness (QED) is 0.904. The standard InChI is InChI=1S/C11H7ClF2N2O2S/c1-4-8(11(17)18)10(19-16-4)15-9-6(12)2-5(13)3-7(9)14/h2-3,15H,1H3,(H,17,18). The van der Waals surface area contributed by atoms with Crippen LogP contribution < -0.4 is 5.32 Å². The Bertz CT molecular complexity index is 637. The van der Waals surface area contributed by atoms with Crippen molar-refractivity contribution in [1.29, 1.82) is 0 Å². The Labute approximate surface area is 115 Å². The maximum atomic E-state index is 13.6. The van der Waals surface area contributed by atoms with Crippen LogP contribution in [0.3, 0.4) is 0 Å². The van der Waals surface area contributed by atoms with Gasteiger partial charge in [0.2, 0.25) is 0 Å². The number of aryl methyl sites for hydroxylation is 1. The summed E-state index contributed by atoms with van der Waals surface area (Å²) in [6.07, 6.45) is 0. The third-order valence-electron chi connectivity index (χ3n) is 2.32. The van der Waals surface area contributed by atoms with Crippen LogP contribution in [0.1, 0.15) is 16.1 Å². The number of anilines is 2. The van der Waals surface area contributed by atoms with Crippen molar-refractivity contribution >= 4 is 39.8 Å². The number of carboxylic acid groups (broad SMARTS) is 1. The predicted octanol–water partition coefficient (Wildman–Crippen LogP) is 3.82. The van der Waals surface area contributed by atoms with Gasteiger partial charge in [0.15, 0.2) is 5.82 Å². The Morgan fingerprint density at radius 3 is 2.74 bits per heavy atom. The summed E-state index contributed by atoms with van der Waals surface area (Å²) in [5, 5.41) is 11.5. The molecule has 0 aliphatic heterocycles. The maximum absolute atomic E-state index is 13.6. The Morgan fingerprint density at radius 2 is 2.16 bits per heavy atom. The molecule has 4 nitrogen and oxygen atoms in total. The topological polar surface area (TPSA) is 62.2 Å². The molecule has 2 rings (SSSR count). The Morgan fingerprint density at radius 1 is 1.47 bits per heavy atom. The van der Waals surface area contributed by atoms with Crippen LogP contribution in [0.25, 0.3) is 0 Å². The van der Waals surface area contributed by atoms with Gasteiger partial charge in [0.25, 0.3) is 0 Å². The first-order valence-electron chi connectivity index (χ1n) is 5.01. The second-order valence-corrected chi connectivity index (χ2v) is 4.83. The zero-order valence-electron chi connectivity index (χ0n) is 9.50. The van der Waals surface area contributed by atoms with E-state index in [1.54, 1.807) is 0 Å². The maximum Gasteiger partial charge on any atom is 0.340 e. The number of benzene rings is 1. The Balaban J connectivity index is 2.45. The molecule has 0 aliphatic rings. The molecule has 0 amide bonds. The van der Waals surface area contributed by atoms with Gasteiger partial charge in [-0.05, 0) is 24.5 Å². The Hall–Kier alpha value is -1.73. The van der Waals surface area contributed by atoms with Gasteiger partial charge in [0, 0.05) is 6.07 Å². The van der Waals surface area contributed by atoms with Crippen LogP contribution in [-0.4, -0.2) is 15.4 Å². The third kappa shape index (κ3) is 2.66. The highest BCUT2D eigenvalue weighted by atomic mass is 35.5. The number of aromatic carboxylic acids is 1. The van der Waals surface area contributed by atoms with Gasteiger partial charge in [-0.25, -0.2) is 13.6 Å². The molecule has 0 saturated heterocycles. The molecule has 2 aromatic rings. The summed E-state index contributed by atoms with van der Waals surface area (Å²) in [7, 11) is 0. The average molecular weight is 305 g/mol. The molecule has 1 aromatic heterocycles. The second kappa shape index (κ2) is 5.10. The van der Waals surface area contributed by atoms with E-state index in [0.717, 1.165) is 17.6 Å². The van der Waals surface area contributed by atoms with E-state index in [1.165, 1.54) is 6.92 Å². The lowest BCUT2D eigenvalue weighted by molar-refractivity contribution is 0.0697. The van der Waals surface area contributed by atoms with Crippen LogP contribution in [0.15, 0.2) is 12.1 Å². The molecule has 0 bridgehead atoms. The number of hydrogen-bond donors (Lipinski definition) is 2. The van der Waals surface area contributed by atoms with Crippen molar-refractivity contribution in [1.82, 2.24) is 4.37 Å². The van der Waals surface area contributed by atoms with Gasteiger partial charge in [-0.15, -0.1) is 0 Å². The van der Waals surface area contributed by atoms with Crippen molar-refractivity contribution in [3.63, 3.8) is 0 Å². The summed E-state index contributed by atoms with van der Waals surface area (Å²) in [6.45, 7) is 1.52. The van der Waals surface area contributed by atoms with E-state index < -0.39 is 17.6 Å². The summed E-state index contributed by atoms with van der Waals surface area (Å²) >= 11 is 6.58. The molecule has 2 N–H and O–H groups in total. The van der Waals surface area contributed by atoms with Crippen LogP contribution in [-0.2, 0) is 0 Å². The summed E-state index contributed by atoms with van der Waals surface area (Å²) in [5.74, 6) is -2.91. The minimum atomic E-state index is -1.19. The van der Waals surface area contributed by atoms with Gasteiger partial charge in [-0.1, -0.05) is 11.6 Å². The molecule has 1 heterocycles. The largest absolute Gasteiger partial charge is 0.478 e. The molecule has 1 aromatic carbocycles. The minimum Gasteiger partial charge on any atom is -0.478 e. The summed E-state index contributed by atoms with van der Waals surface area (Å²) < 4.78 is 30.4. The lowest BCUT2D eigenvalue weighted by atomic mass is 10.2. The van der Waals surface area contributed by atoms with E-state index >= 15 is 0 Å². The fourth-order valence-corrected chi connectivity index (χ4v) is 2.52. The number of nitrogens with one attached hydrogen (secondary N) is 1. The number of carboxylic acids is 1. The van der Waals surface area contributed by atoms with Crippen LogP contribution in [0, 0.1) is 18.6 Å². The zero-order valence-corrected chi connectivity index (χ0v) is 11.1. The molecular formula is C11H7ClF2N2O2S. The van der Waals surface area contributed by atoms with E-state index in [4.69, 9.17) is 16.7 Å². The lowest BCUT2D eigenvalue weighted by Gasteiger charge is -2.08. The first-order chi connectivity index (χ1) is 8.90. The minimum absolute atomic E-state index is 0.0650. The van der Waals surface area contributed by atoms with E-state index in [0.29, 0.717) is 11.8 Å². The molecule has 19 heavy (non-hydrogen) atoms. The molecule has 0 radical (unpaired) electrons. The molecule has 100 valence electrons. The molecule has 0 saturated carbocycles. The first kappa shape index (κ1) is 13.7. The highest BCUT2D eigenvalue weighted by Gasteiger charge is 2.20. The van der Waals surface area contributed by atoms with Crippen LogP contribution in [0.2, 0.25) is 5.02 Å². The SMILES string of the molecule is Cc1nsc(Nc2c(F)cc(F)cc2Cl)c1C(=O)O. The molecule has 8 heteroatoms. The monoisotopic (exact) mass is 304 g/mol. The Kier molecular flexibility index (Phi) is 3.68. The fourth-order valence-electron chi connectivity index (χ4n) is 1.48. The van der Waals surface area contributed by atoms with E-state index in [2.05, 4.69) is 9.69 Å². The number of hydrogen-bond acceptors (Lipinski definition) is 4. The molecule has 0 aliphatic carbocycles. The number of carbonyl (C=O) groups is 1. The van der Waals surface area contributed by atoms with Crippen molar-refractivity contribution in [2.45, 2.75) is 6.92 Å². The molecule has 0 unspecified atom stereocenters. The van der Waals surface area contributed by atoms with E-state index in [1.807, 2.05) is 0 Å². The zero-order chi connectivity index (χ0) is 14.2. The van der Waals surface area contributed by atoms with Crippen molar-refractivity contribution in [3.05, 3.63) is 40.0 Å². The van der Waals surface area contributed by atoms with E-state index in [-0.39, 0.29) is 21.3 Å². The van der Waals surface area contributed by atoms with Gasteiger partial charge in [-0.2, -0.15) is 4.37 Å². The number of halogens is 3. The lowest BCUT2D eigenvalue weighted by Crippen LogP contribution is -2.03. The van der Waals surface area contributed by atoms with E-state index in [9.17, 15) is 13.6 Å². The third-order valence-corrected chi connectivity index (χ3v) is 3.47. The highest BCUT2D eigenvalue weighted by molar-refractivity contribution is 7.10. The molecular weight excluding hydrogens is 298 g/mol. The summed E-state index contributed by atoms with van der Waals surface area (Å²) in [4.78, 5) is 11.1. The number of nitrogens with zero attached hydrogens (tertiary/aromatic N) is 1. The molecule has 0 fully saturated rings. The average Bonchev–Trinajstić information content (AvgIpc) is 2.64. The fraction of sp³-hybridized carbons (Fsp3) is 0.0909. The van der Waals surface area contributed by atoms with Gasteiger partial charge in [0.05, 0.1) is 16.4 Å². The highest BCUT2D eigenvalue weighted by Crippen LogP contribution is 2.33. The summed E-state index contributed by atoms with van der Waals surface area (Å²) in [5.41, 5.74) is 0.0534. The van der Waals surface area contributed by atoms with Crippen LogP contribution in [0.5, 0.6) is 0 Å². The second-order valence-electron chi connectivity index (χ2n) is 3.65. The number of rotatable bonds is 3. The van der Waals surface area contributed by atoms with Crippen LogP contribution in [0.4, 0.5) is 19.5 Å². The first-order valence-corrected chi connectivity index (χ1v) is 6.16. The smallest absolute Gasteiger partial charge is 0.340 e. The van der Waals surface area contributed by atoms with Crippen molar-refractivity contribution < 1.29 is 18.7 Å². The van der Waals surface area contributed by atoms with Gasteiger partial charge in [0.1, 0.15) is 16.4 Å². The van der Waals surface area contributed by atoms with Crippen LogP contribution >= 0.6 is 23.1 Å². The van der Waals surface area contributed by atoms with Crippen molar-refractivity contribution in [2.24, 2.45) is 0 Å². The molecule has 0 spiro atoms. The number of aromatic nitrogens is 1. The normalized spacial score (nSPS) is 10.5. The summed E-state index contributed by atoms with van der Waals surface area (Å²) in [6, 6.07) is 1.59. The van der Waals surface area contributed by atoms with Crippen molar-refractivity contribution in [2.75, 3.05) is 5.32 Å². The van der Waals surface area contributed by atoms with Gasteiger partial charge in [-0.3, -0.25) is 0 Å².